The first-order chi connectivity index (χ1) is 8.18. The number of rotatable bonds is 3. The minimum absolute atomic E-state index is 0.00438. The molecule has 2 rings (SSSR count). The summed E-state index contributed by atoms with van der Waals surface area (Å²) < 4.78 is 5.06. The Balaban J connectivity index is 1.87. The highest BCUT2D eigenvalue weighted by Crippen LogP contribution is 2.30. The van der Waals surface area contributed by atoms with Gasteiger partial charge in [0.2, 0.25) is 0 Å². The topological polar surface area (TPSA) is 49.7 Å². The summed E-state index contributed by atoms with van der Waals surface area (Å²) >= 11 is 7.72. The summed E-state index contributed by atoms with van der Waals surface area (Å²) in [4.78, 5) is 0. The van der Waals surface area contributed by atoms with Crippen LogP contribution in [0, 0.1) is 0 Å². The maximum absolute atomic E-state index is 9.59. The van der Waals surface area contributed by atoms with Crippen molar-refractivity contribution in [2.24, 2.45) is 0 Å². The fourth-order valence-corrected chi connectivity index (χ4v) is 3.21. The molecule has 1 aliphatic heterocycles. The third-order valence-electron chi connectivity index (χ3n) is 2.71. The van der Waals surface area contributed by atoms with Crippen LogP contribution in [0.15, 0.2) is 30.3 Å². The van der Waals surface area contributed by atoms with Crippen LogP contribution < -0.4 is 0 Å². The second-order valence-corrected chi connectivity index (χ2v) is 5.73. The molecule has 0 aromatic heterocycles. The zero-order valence-electron chi connectivity index (χ0n) is 9.20. The molecule has 4 atom stereocenters. The second-order valence-electron chi connectivity index (χ2n) is 3.99. The summed E-state index contributed by atoms with van der Waals surface area (Å²) in [7, 11) is 0. The van der Waals surface area contributed by atoms with Gasteiger partial charge in [0.1, 0.15) is 6.10 Å². The Morgan fingerprint density at radius 1 is 1.29 bits per heavy atom. The van der Waals surface area contributed by atoms with Crippen LogP contribution in [0.5, 0.6) is 0 Å². The van der Waals surface area contributed by atoms with E-state index in [-0.39, 0.29) is 5.25 Å². The fraction of sp³-hybridized carbons (Fsp3) is 0.500. The molecule has 0 radical (unpaired) electrons. The van der Waals surface area contributed by atoms with Crippen LogP contribution in [0.25, 0.3) is 0 Å². The summed E-state index contributed by atoms with van der Waals surface area (Å²) in [6.45, 7) is 0.365. The van der Waals surface area contributed by atoms with Gasteiger partial charge in [-0.3, -0.25) is 0 Å². The molecule has 1 saturated heterocycles. The van der Waals surface area contributed by atoms with Crippen molar-refractivity contribution >= 4 is 23.4 Å². The average molecular weight is 275 g/mol. The van der Waals surface area contributed by atoms with E-state index in [0.717, 1.165) is 5.75 Å². The molecule has 94 valence electrons. The Morgan fingerprint density at radius 2 is 2.00 bits per heavy atom. The first kappa shape index (κ1) is 13.2. The number of thioether (sulfide) groups is 1. The van der Waals surface area contributed by atoms with Crippen LogP contribution in [-0.2, 0) is 10.5 Å². The number of aliphatic hydroxyl groups excluding tert-OH is 2. The van der Waals surface area contributed by atoms with Crippen molar-refractivity contribution in [1.82, 2.24) is 0 Å². The predicted octanol–water partition coefficient (Wildman–Crippen LogP) is 1.61. The monoisotopic (exact) mass is 274 g/mol. The standard InChI is InChI=1S/C12H15ClO3S/c13-10-9(6-16-12(15)11(10)14)17-7-8-4-2-1-3-5-8/h1-5,9-12,14-15H,6-7H2/t9-,10+,11-,12?/m1/s1. The van der Waals surface area contributed by atoms with Crippen LogP contribution in [0.4, 0.5) is 0 Å². The van der Waals surface area contributed by atoms with E-state index < -0.39 is 17.8 Å². The lowest BCUT2D eigenvalue weighted by Crippen LogP contribution is -2.48. The van der Waals surface area contributed by atoms with Crippen LogP contribution >= 0.6 is 23.4 Å². The van der Waals surface area contributed by atoms with Crippen molar-refractivity contribution in [2.75, 3.05) is 6.61 Å². The van der Waals surface area contributed by atoms with Gasteiger partial charge in [0.05, 0.1) is 12.0 Å². The summed E-state index contributed by atoms with van der Waals surface area (Å²) in [5, 5.41) is 18.4. The lowest BCUT2D eigenvalue weighted by atomic mass is 10.1. The van der Waals surface area contributed by atoms with Gasteiger partial charge < -0.3 is 14.9 Å². The Bertz CT molecular complexity index is 349. The molecule has 17 heavy (non-hydrogen) atoms. The van der Waals surface area contributed by atoms with Crippen LogP contribution in [0.2, 0.25) is 0 Å². The first-order valence-electron chi connectivity index (χ1n) is 5.46. The average Bonchev–Trinajstić information content (AvgIpc) is 2.36. The maximum Gasteiger partial charge on any atom is 0.182 e. The third kappa shape index (κ3) is 3.36. The number of hydrogen-bond acceptors (Lipinski definition) is 4. The third-order valence-corrected chi connectivity index (χ3v) is 4.78. The molecule has 0 amide bonds. The van der Waals surface area contributed by atoms with Crippen molar-refractivity contribution in [2.45, 2.75) is 28.8 Å². The van der Waals surface area contributed by atoms with Gasteiger partial charge in [-0.15, -0.1) is 23.4 Å². The molecule has 1 aromatic carbocycles. The maximum atomic E-state index is 9.59. The van der Waals surface area contributed by atoms with E-state index in [1.807, 2.05) is 30.3 Å². The molecule has 1 fully saturated rings. The highest BCUT2D eigenvalue weighted by Gasteiger charge is 2.37. The molecule has 3 nitrogen and oxygen atoms in total. The van der Waals surface area contributed by atoms with Crippen molar-refractivity contribution in [3.63, 3.8) is 0 Å². The molecule has 0 saturated carbocycles. The van der Waals surface area contributed by atoms with Gasteiger partial charge in [-0.2, -0.15) is 0 Å². The number of aliphatic hydroxyl groups is 2. The van der Waals surface area contributed by atoms with E-state index in [1.54, 1.807) is 11.8 Å². The summed E-state index contributed by atoms with van der Waals surface area (Å²) in [5.41, 5.74) is 1.21. The van der Waals surface area contributed by atoms with Crippen LogP contribution in [-0.4, -0.2) is 39.8 Å². The smallest absolute Gasteiger partial charge is 0.182 e. The molecule has 0 aliphatic carbocycles. The molecule has 2 N–H and O–H groups in total. The molecular weight excluding hydrogens is 260 g/mol. The summed E-state index contributed by atoms with van der Waals surface area (Å²) in [6, 6.07) is 10.0. The summed E-state index contributed by atoms with van der Waals surface area (Å²) in [5.74, 6) is 0.820. The predicted molar refractivity (Wildman–Crippen MR) is 69.1 cm³/mol. The number of halogens is 1. The quantitative estimate of drug-likeness (QED) is 0.822. The van der Waals surface area contributed by atoms with Gasteiger partial charge in [0.25, 0.3) is 0 Å². The minimum atomic E-state index is -1.16. The fourth-order valence-electron chi connectivity index (χ4n) is 1.68. The van der Waals surface area contributed by atoms with Crippen molar-refractivity contribution in [1.29, 1.82) is 0 Å². The molecule has 1 heterocycles. The zero-order chi connectivity index (χ0) is 12.3. The molecule has 0 spiro atoms. The van der Waals surface area contributed by atoms with Crippen molar-refractivity contribution in [3.8, 4) is 0 Å². The van der Waals surface area contributed by atoms with E-state index >= 15 is 0 Å². The minimum Gasteiger partial charge on any atom is -0.386 e. The molecule has 1 unspecified atom stereocenters. The van der Waals surface area contributed by atoms with Crippen molar-refractivity contribution in [3.05, 3.63) is 35.9 Å². The highest BCUT2D eigenvalue weighted by atomic mass is 35.5. The van der Waals surface area contributed by atoms with E-state index in [0.29, 0.717) is 6.61 Å². The van der Waals surface area contributed by atoms with E-state index in [2.05, 4.69) is 0 Å². The number of ether oxygens (including phenoxy) is 1. The lowest BCUT2D eigenvalue weighted by molar-refractivity contribution is -0.181. The zero-order valence-corrected chi connectivity index (χ0v) is 10.8. The van der Waals surface area contributed by atoms with E-state index in [4.69, 9.17) is 16.3 Å². The Labute approximate surface area is 110 Å². The second kappa shape index (κ2) is 6.07. The van der Waals surface area contributed by atoms with Gasteiger partial charge in [-0.1, -0.05) is 30.3 Å². The first-order valence-corrected chi connectivity index (χ1v) is 6.94. The van der Waals surface area contributed by atoms with E-state index in [9.17, 15) is 10.2 Å². The highest BCUT2D eigenvalue weighted by molar-refractivity contribution is 7.99. The number of alkyl halides is 1. The van der Waals surface area contributed by atoms with Crippen LogP contribution in [0.3, 0.4) is 0 Å². The molecular formula is C12H15ClO3S. The number of benzene rings is 1. The molecule has 0 bridgehead atoms. The molecule has 5 heteroatoms. The van der Waals surface area contributed by atoms with Crippen molar-refractivity contribution < 1.29 is 14.9 Å². The van der Waals surface area contributed by atoms with Gasteiger partial charge in [-0.05, 0) is 5.56 Å². The lowest BCUT2D eigenvalue weighted by Gasteiger charge is -2.34. The van der Waals surface area contributed by atoms with Gasteiger partial charge >= 0.3 is 0 Å². The SMILES string of the molecule is OC1OC[C@@H](SCc2ccccc2)[C@H](Cl)[C@H]1O. The van der Waals surface area contributed by atoms with Gasteiger partial charge in [-0.25, -0.2) is 0 Å². The molecule has 1 aliphatic rings. The molecule has 1 aromatic rings. The largest absolute Gasteiger partial charge is 0.386 e. The van der Waals surface area contributed by atoms with Crippen LogP contribution in [0.1, 0.15) is 5.56 Å². The van der Waals surface area contributed by atoms with Gasteiger partial charge in [0.15, 0.2) is 6.29 Å². The Kier molecular flexibility index (Phi) is 4.70. The number of hydrogen-bond donors (Lipinski definition) is 2. The Morgan fingerprint density at radius 3 is 2.71 bits per heavy atom. The Hall–Kier alpha value is -0.260. The summed E-state index contributed by atoms with van der Waals surface area (Å²) in [6.07, 6.45) is -2.18. The normalized spacial score (nSPS) is 33.6. The van der Waals surface area contributed by atoms with Gasteiger partial charge in [0, 0.05) is 11.0 Å². The van der Waals surface area contributed by atoms with E-state index in [1.165, 1.54) is 5.56 Å².